The number of morpholine rings is 1. The lowest BCUT2D eigenvalue weighted by atomic mass is 10.1. The smallest absolute Gasteiger partial charge is 0.290 e. The summed E-state index contributed by atoms with van der Waals surface area (Å²) in [7, 11) is 0. The highest BCUT2D eigenvalue weighted by molar-refractivity contribution is 7.17. The van der Waals surface area contributed by atoms with Crippen LogP contribution in [-0.2, 0) is 9.53 Å². The predicted octanol–water partition coefficient (Wildman–Crippen LogP) is 2.20. The maximum Gasteiger partial charge on any atom is 0.290 e. The summed E-state index contributed by atoms with van der Waals surface area (Å²) in [4.78, 5) is 31.9. The van der Waals surface area contributed by atoms with E-state index in [4.69, 9.17) is 14.6 Å². The predicted molar refractivity (Wildman–Crippen MR) is 109 cm³/mol. The summed E-state index contributed by atoms with van der Waals surface area (Å²) in [5.41, 5.74) is 3.39. The molecule has 1 atom stereocenters. The molecule has 1 aromatic carbocycles. The molecule has 1 aliphatic heterocycles. The number of amides is 1. The molecule has 0 radical (unpaired) electrons. The Morgan fingerprint density at radius 1 is 1.31 bits per heavy atom. The van der Waals surface area contributed by atoms with Crippen molar-refractivity contribution in [1.29, 1.82) is 0 Å². The van der Waals surface area contributed by atoms with Gasteiger partial charge in [0.05, 0.1) is 41.8 Å². The third kappa shape index (κ3) is 4.58. The van der Waals surface area contributed by atoms with Crippen LogP contribution in [-0.4, -0.2) is 69.9 Å². The van der Waals surface area contributed by atoms with Gasteiger partial charge in [-0.3, -0.25) is 9.59 Å². The number of benzene rings is 1. The molecule has 3 heterocycles. The number of carbonyl (C=O) groups excluding carboxylic acids is 1. The highest BCUT2D eigenvalue weighted by atomic mass is 32.1. The van der Waals surface area contributed by atoms with Crippen molar-refractivity contribution in [1.82, 2.24) is 14.9 Å². The summed E-state index contributed by atoms with van der Waals surface area (Å²) in [5.74, 6) is 0.643. The molecule has 152 valence electrons. The molecule has 29 heavy (non-hydrogen) atoms. The van der Waals surface area contributed by atoms with Crippen LogP contribution in [0.15, 0.2) is 35.7 Å². The number of thiophene rings is 1. The first-order chi connectivity index (χ1) is 14.1. The Labute approximate surface area is 171 Å². The first-order valence-corrected chi connectivity index (χ1v) is 9.86. The van der Waals surface area contributed by atoms with E-state index in [0.29, 0.717) is 25.3 Å². The van der Waals surface area contributed by atoms with Gasteiger partial charge >= 0.3 is 0 Å². The first kappa shape index (κ1) is 20.8. The first-order valence-electron chi connectivity index (χ1n) is 8.98. The molecule has 0 spiro atoms. The van der Waals surface area contributed by atoms with Crippen molar-refractivity contribution < 1.29 is 24.5 Å². The van der Waals surface area contributed by atoms with Gasteiger partial charge in [-0.2, -0.15) is 0 Å². The van der Waals surface area contributed by atoms with Crippen molar-refractivity contribution >= 4 is 33.9 Å². The average molecular weight is 415 g/mol. The normalized spacial score (nSPS) is 16.2. The lowest BCUT2D eigenvalue weighted by Gasteiger charge is -2.34. The minimum Gasteiger partial charge on any atom is -0.483 e. The Kier molecular flexibility index (Phi) is 6.86. The molecule has 0 bridgehead atoms. The highest BCUT2D eigenvalue weighted by Gasteiger charge is 2.27. The Morgan fingerprint density at radius 3 is 2.72 bits per heavy atom. The van der Waals surface area contributed by atoms with Gasteiger partial charge in [0, 0.05) is 17.7 Å². The number of hydrogen-bond acceptors (Lipinski definition) is 7. The number of rotatable bonds is 3. The quantitative estimate of drug-likeness (QED) is 0.631. The molecule has 4 rings (SSSR count). The third-order valence-corrected chi connectivity index (χ3v) is 5.43. The van der Waals surface area contributed by atoms with Gasteiger partial charge in [0.1, 0.15) is 5.82 Å². The minimum atomic E-state index is -0.286. The zero-order valence-corrected chi connectivity index (χ0v) is 16.6. The van der Waals surface area contributed by atoms with Crippen molar-refractivity contribution in [2.45, 2.75) is 13.0 Å². The Bertz CT molecular complexity index is 989. The van der Waals surface area contributed by atoms with Crippen LogP contribution in [0.3, 0.4) is 0 Å². The number of aliphatic hydroxyl groups is 1. The zero-order valence-electron chi connectivity index (χ0n) is 15.8. The van der Waals surface area contributed by atoms with Crippen LogP contribution in [0.1, 0.15) is 16.2 Å². The van der Waals surface area contributed by atoms with E-state index in [1.807, 2.05) is 42.6 Å². The second kappa shape index (κ2) is 9.55. The van der Waals surface area contributed by atoms with E-state index < -0.39 is 0 Å². The standard InChI is InChI=1S/C19H19N3O3S.CH2O2/c1-12-20-16-6-9-26-18(16)17(21-12)13-2-4-14(5-3-13)19(24)22-7-8-25-11-15(22)10-23;2-1-3/h2-6,9,15,23H,7-8,10-11H2,1H3;1H,(H,2,3). The third-order valence-electron chi connectivity index (χ3n) is 4.52. The second-order valence-electron chi connectivity index (χ2n) is 6.35. The Balaban J connectivity index is 0.000000755. The Morgan fingerprint density at radius 2 is 2.03 bits per heavy atom. The van der Waals surface area contributed by atoms with Crippen molar-refractivity contribution in [2.75, 3.05) is 26.4 Å². The number of aryl methyl sites for hydroxylation is 1. The van der Waals surface area contributed by atoms with Gasteiger partial charge in [0.2, 0.25) is 0 Å². The molecule has 1 unspecified atom stereocenters. The van der Waals surface area contributed by atoms with Crippen molar-refractivity contribution in [3.05, 3.63) is 47.1 Å². The molecule has 3 aromatic rings. The fourth-order valence-electron chi connectivity index (χ4n) is 3.19. The summed E-state index contributed by atoms with van der Waals surface area (Å²) in [6.07, 6.45) is 0. The van der Waals surface area contributed by atoms with Crippen molar-refractivity contribution in [3.8, 4) is 11.3 Å². The maximum atomic E-state index is 12.8. The lowest BCUT2D eigenvalue weighted by molar-refractivity contribution is -0.122. The molecule has 9 heteroatoms. The molecule has 2 N–H and O–H groups in total. The summed E-state index contributed by atoms with van der Waals surface area (Å²) < 4.78 is 6.39. The van der Waals surface area contributed by atoms with Gasteiger partial charge in [-0.25, -0.2) is 9.97 Å². The van der Waals surface area contributed by atoms with Crippen LogP contribution in [0.5, 0.6) is 0 Å². The van der Waals surface area contributed by atoms with E-state index >= 15 is 0 Å². The summed E-state index contributed by atoms with van der Waals surface area (Å²) >= 11 is 1.61. The number of ether oxygens (including phenoxy) is 1. The number of nitrogens with zero attached hydrogens (tertiary/aromatic N) is 3. The highest BCUT2D eigenvalue weighted by Crippen LogP contribution is 2.30. The number of fused-ring (bicyclic) bond motifs is 1. The molecule has 1 amide bonds. The number of carbonyl (C=O) groups is 2. The number of aromatic nitrogens is 2. The summed E-state index contributed by atoms with van der Waals surface area (Å²) in [6.45, 7) is 2.90. The van der Waals surface area contributed by atoms with Crippen molar-refractivity contribution in [2.24, 2.45) is 0 Å². The van der Waals surface area contributed by atoms with Crippen LogP contribution in [0.4, 0.5) is 0 Å². The lowest BCUT2D eigenvalue weighted by Crippen LogP contribution is -2.50. The van der Waals surface area contributed by atoms with Gasteiger partial charge in [0.15, 0.2) is 0 Å². The van der Waals surface area contributed by atoms with Crippen molar-refractivity contribution in [3.63, 3.8) is 0 Å². The minimum absolute atomic E-state index is 0.0842. The SMILES string of the molecule is Cc1nc(-c2ccc(C(=O)N3CCOCC3CO)cc2)c2sccc2n1.O=CO. The molecular formula is C20H21N3O5S. The molecule has 8 nitrogen and oxygen atoms in total. The molecule has 2 aromatic heterocycles. The number of aliphatic hydroxyl groups excluding tert-OH is 1. The summed E-state index contributed by atoms with van der Waals surface area (Å²) in [6, 6.07) is 9.18. The number of hydrogen-bond donors (Lipinski definition) is 2. The van der Waals surface area contributed by atoms with Gasteiger partial charge in [-0.05, 0) is 30.5 Å². The van der Waals surface area contributed by atoms with E-state index in [-0.39, 0.29) is 25.0 Å². The van der Waals surface area contributed by atoms with E-state index in [2.05, 4.69) is 9.97 Å². The van der Waals surface area contributed by atoms with Gasteiger partial charge in [-0.15, -0.1) is 11.3 Å². The molecular weight excluding hydrogens is 394 g/mol. The molecule has 0 saturated carbocycles. The fourth-order valence-corrected chi connectivity index (χ4v) is 4.03. The van der Waals surface area contributed by atoms with Gasteiger partial charge in [0.25, 0.3) is 12.4 Å². The van der Waals surface area contributed by atoms with E-state index in [0.717, 1.165) is 27.3 Å². The second-order valence-corrected chi connectivity index (χ2v) is 7.26. The summed E-state index contributed by atoms with van der Waals surface area (Å²) in [5, 5.41) is 18.4. The van der Waals surface area contributed by atoms with Crippen LogP contribution in [0, 0.1) is 6.92 Å². The Hall–Kier alpha value is -2.88. The van der Waals surface area contributed by atoms with E-state index in [1.165, 1.54) is 0 Å². The van der Waals surface area contributed by atoms with Gasteiger partial charge < -0.3 is 19.8 Å². The van der Waals surface area contributed by atoms with Gasteiger partial charge in [-0.1, -0.05) is 12.1 Å². The fraction of sp³-hybridized carbons (Fsp3) is 0.300. The molecule has 1 fully saturated rings. The molecule has 0 aliphatic carbocycles. The monoisotopic (exact) mass is 415 g/mol. The van der Waals surface area contributed by atoms with Crippen LogP contribution >= 0.6 is 11.3 Å². The average Bonchev–Trinajstić information content (AvgIpc) is 3.21. The van der Waals surface area contributed by atoms with Crippen LogP contribution in [0.25, 0.3) is 21.5 Å². The molecule has 1 saturated heterocycles. The van der Waals surface area contributed by atoms with Crippen LogP contribution < -0.4 is 0 Å². The largest absolute Gasteiger partial charge is 0.483 e. The van der Waals surface area contributed by atoms with E-state index in [9.17, 15) is 9.90 Å². The zero-order chi connectivity index (χ0) is 20.8. The van der Waals surface area contributed by atoms with Crippen LogP contribution in [0.2, 0.25) is 0 Å². The van der Waals surface area contributed by atoms with E-state index in [1.54, 1.807) is 16.2 Å². The maximum absolute atomic E-state index is 12.8. The molecule has 1 aliphatic rings. The topological polar surface area (TPSA) is 113 Å². The number of carboxylic acid groups (broad SMARTS) is 1.